The van der Waals surface area contributed by atoms with E-state index in [4.69, 9.17) is 21.4 Å². The first-order chi connectivity index (χ1) is 9.15. The predicted octanol–water partition coefficient (Wildman–Crippen LogP) is 4.23. The molecule has 0 aromatic heterocycles. The number of benzene rings is 2. The molecule has 2 aromatic carbocycles. The van der Waals surface area contributed by atoms with E-state index in [1.807, 2.05) is 12.1 Å². The lowest BCUT2D eigenvalue weighted by Crippen LogP contribution is -1.89. The van der Waals surface area contributed by atoms with Gasteiger partial charge in [0, 0.05) is 16.7 Å². The third-order valence-corrected chi connectivity index (χ3v) is 2.62. The Morgan fingerprint density at radius 3 is 2.47 bits per heavy atom. The van der Waals surface area contributed by atoms with Crippen LogP contribution in [0.5, 0.6) is 11.5 Å². The topological polar surface area (TPSA) is 46.5 Å². The van der Waals surface area contributed by atoms with Crippen LogP contribution in [0.4, 0.5) is 0 Å². The lowest BCUT2D eigenvalue weighted by molar-refractivity contribution is -0.131. The number of aliphatic carboxylic acids is 1. The summed E-state index contributed by atoms with van der Waals surface area (Å²) in [6, 6.07) is 14.2. The van der Waals surface area contributed by atoms with Crippen LogP contribution >= 0.6 is 11.6 Å². The van der Waals surface area contributed by atoms with E-state index in [1.165, 1.54) is 6.08 Å². The predicted molar refractivity (Wildman–Crippen MR) is 74.6 cm³/mol. The lowest BCUT2D eigenvalue weighted by atomic mass is 10.2. The first-order valence-corrected chi connectivity index (χ1v) is 5.96. The Kier molecular flexibility index (Phi) is 4.21. The normalized spacial score (nSPS) is 10.6. The van der Waals surface area contributed by atoms with Crippen LogP contribution in [-0.4, -0.2) is 11.1 Å². The fourth-order valence-electron chi connectivity index (χ4n) is 1.50. The van der Waals surface area contributed by atoms with Crippen molar-refractivity contribution in [3.63, 3.8) is 0 Å². The van der Waals surface area contributed by atoms with Crippen molar-refractivity contribution in [2.75, 3.05) is 0 Å². The zero-order valence-electron chi connectivity index (χ0n) is 9.92. The van der Waals surface area contributed by atoms with Crippen molar-refractivity contribution in [1.29, 1.82) is 0 Å². The van der Waals surface area contributed by atoms with Crippen molar-refractivity contribution in [1.82, 2.24) is 0 Å². The van der Waals surface area contributed by atoms with E-state index in [0.29, 0.717) is 22.1 Å². The first kappa shape index (κ1) is 13.2. The second-order valence-electron chi connectivity index (χ2n) is 3.77. The van der Waals surface area contributed by atoms with Crippen molar-refractivity contribution in [3.05, 3.63) is 65.2 Å². The highest BCUT2D eigenvalue weighted by atomic mass is 35.5. The minimum Gasteiger partial charge on any atom is -0.478 e. The second kappa shape index (κ2) is 6.07. The summed E-state index contributed by atoms with van der Waals surface area (Å²) in [5.74, 6) is 0.226. The lowest BCUT2D eigenvalue weighted by Gasteiger charge is -2.08. The van der Waals surface area contributed by atoms with Gasteiger partial charge in [-0.25, -0.2) is 4.79 Å². The molecule has 0 aliphatic heterocycles. The fourth-order valence-corrected chi connectivity index (χ4v) is 1.63. The highest BCUT2D eigenvalue weighted by Gasteiger charge is 2.02. The van der Waals surface area contributed by atoms with Gasteiger partial charge in [-0.05, 0) is 36.4 Å². The summed E-state index contributed by atoms with van der Waals surface area (Å²) in [5.41, 5.74) is 0.694. The van der Waals surface area contributed by atoms with E-state index < -0.39 is 5.97 Å². The Labute approximate surface area is 115 Å². The number of ether oxygens (including phenoxy) is 1. The summed E-state index contributed by atoms with van der Waals surface area (Å²) >= 11 is 5.80. The van der Waals surface area contributed by atoms with Crippen molar-refractivity contribution in [2.24, 2.45) is 0 Å². The standard InChI is InChI=1S/C15H11ClO3/c16-12-6-8-13(9-7-12)19-14-4-2-1-3-11(14)5-10-15(17)18/h1-10H,(H,17,18). The highest BCUT2D eigenvalue weighted by Crippen LogP contribution is 2.27. The zero-order valence-corrected chi connectivity index (χ0v) is 10.7. The van der Waals surface area contributed by atoms with Crippen molar-refractivity contribution >= 4 is 23.6 Å². The minimum atomic E-state index is -0.999. The van der Waals surface area contributed by atoms with E-state index in [1.54, 1.807) is 36.4 Å². The van der Waals surface area contributed by atoms with Gasteiger partial charge < -0.3 is 9.84 Å². The molecule has 19 heavy (non-hydrogen) atoms. The molecule has 96 valence electrons. The molecule has 0 saturated carbocycles. The molecule has 1 N–H and O–H groups in total. The van der Waals surface area contributed by atoms with Crippen LogP contribution in [0.2, 0.25) is 5.02 Å². The number of halogens is 1. The van der Waals surface area contributed by atoms with Gasteiger partial charge in [0.25, 0.3) is 0 Å². The van der Waals surface area contributed by atoms with Gasteiger partial charge in [0.1, 0.15) is 11.5 Å². The monoisotopic (exact) mass is 274 g/mol. The SMILES string of the molecule is O=C(O)C=Cc1ccccc1Oc1ccc(Cl)cc1. The van der Waals surface area contributed by atoms with Gasteiger partial charge >= 0.3 is 5.97 Å². The number of rotatable bonds is 4. The summed E-state index contributed by atoms with van der Waals surface area (Å²) in [7, 11) is 0. The smallest absolute Gasteiger partial charge is 0.328 e. The number of hydrogen-bond donors (Lipinski definition) is 1. The van der Waals surface area contributed by atoms with Gasteiger partial charge in [-0.3, -0.25) is 0 Å². The van der Waals surface area contributed by atoms with Gasteiger partial charge in [-0.15, -0.1) is 0 Å². The molecule has 0 saturated heterocycles. The molecular weight excluding hydrogens is 264 g/mol. The van der Waals surface area contributed by atoms with E-state index in [0.717, 1.165) is 6.08 Å². The van der Waals surface area contributed by atoms with Crippen LogP contribution in [0.15, 0.2) is 54.6 Å². The van der Waals surface area contributed by atoms with Gasteiger partial charge in [-0.2, -0.15) is 0 Å². The average Bonchev–Trinajstić information content (AvgIpc) is 2.40. The van der Waals surface area contributed by atoms with E-state index in [2.05, 4.69) is 0 Å². The third kappa shape index (κ3) is 3.86. The van der Waals surface area contributed by atoms with Crippen LogP contribution in [0.3, 0.4) is 0 Å². The summed E-state index contributed by atoms with van der Waals surface area (Å²) in [5, 5.41) is 9.27. The number of hydrogen-bond acceptors (Lipinski definition) is 2. The van der Waals surface area contributed by atoms with Crippen molar-refractivity contribution in [2.45, 2.75) is 0 Å². The van der Waals surface area contributed by atoms with Crippen molar-refractivity contribution in [3.8, 4) is 11.5 Å². The number of carboxylic acid groups (broad SMARTS) is 1. The zero-order chi connectivity index (χ0) is 13.7. The molecule has 0 bridgehead atoms. The van der Waals surface area contributed by atoms with Gasteiger partial charge in [-0.1, -0.05) is 29.8 Å². The van der Waals surface area contributed by atoms with Gasteiger partial charge in [0.15, 0.2) is 0 Å². The molecule has 0 amide bonds. The fraction of sp³-hybridized carbons (Fsp3) is 0. The summed E-state index contributed by atoms with van der Waals surface area (Å²) in [6.45, 7) is 0. The molecule has 0 radical (unpaired) electrons. The maximum absolute atomic E-state index is 10.5. The molecule has 2 rings (SSSR count). The first-order valence-electron chi connectivity index (χ1n) is 5.58. The summed E-state index contributed by atoms with van der Waals surface area (Å²) < 4.78 is 5.69. The molecule has 0 spiro atoms. The molecular formula is C15H11ClO3. The summed E-state index contributed by atoms with van der Waals surface area (Å²) in [6.07, 6.45) is 2.57. The Morgan fingerprint density at radius 1 is 1.11 bits per heavy atom. The number of carbonyl (C=O) groups is 1. The van der Waals surface area contributed by atoms with Crippen LogP contribution in [0.1, 0.15) is 5.56 Å². The van der Waals surface area contributed by atoms with Gasteiger partial charge in [0.2, 0.25) is 0 Å². The molecule has 0 aliphatic rings. The van der Waals surface area contributed by atoms with Crippen LogP contribution in [0.25, 0.3) is 6.08 Å². The average molecular weight is 275 g/mol. The molecule has 0 unspecified atom stereocenters. The molecule has 2 aromatic rings. The molecule has 3 nitrogen and oxygen atoms in total. The van der Waals surface area contributed by atoms with Crippen molar-refractivity contribution < 1.29 is 14.6 Å². The van der Waals surface area contributed by atoms with E-state index >= 15 is 0 Å². The van der Waals surface area contributed by atoms with Crippen LogP contribution in [-0.2, 0) is 4.79 Å². The Balaban J connectivity index is 2.24. The maximum Gasteiger partial charge on any atom is 0.328 e. The molecule has 4 heteroatoms. The molecule has 0 aliphatic carbocycles. The minimum absolute atomic E-state index is 0.585. The summed E-state index contributed by atoms with van der Waals surface area (Å²) in [4.78, 5) is 10.5. The second-order valence-corrected chi connectivity index (χ2v) is 4.20. The quantitative estimate of drug-likeness (QED) is 0.849. The number of carboxylic acids is 1. The Morgan fingerprint density at radius 2 is 1.79 bits per heavy atom. The van der Waals surface area contributed by atoms with Gasteiger partial charge in [0.05, 0.1) is 0 Å². The highest BCUT2D eigenvalue weighted by molar-refractivity contribution is 6.30. The van der Waals surface area contributed by atoms with E-state index in [9.17, 15) is 4.79 Å². The largest absolute Gasteiger partial charge is 0.478 e. The molecule has 0 heterocycles. The molecule has 0 fully saturated rings. The maximum atomic E-state index is 10.5. The van der Waals surface area contributed by atoms with Crippen LogP contribution in [0, 0.1) is 0 Å². The third-order valence-electron chi connectivity index (χ3n) is 2.37. The number of para-hydroxylation sites is 1. The van der Waals surface area contributed by atoms with E-state index in [-0.39, 0.29) is 0 Å². The van der Waals surface area contributed by atoms with Crippen LogP contribution < -0.4 is 4.74 Å². The Bertz CT molecular complexity index is 603. The Hall–Kier alpha value is -2.26. The molecule has 0 atom stereocenters.